The summed E-state index contributed by atoms with van der Waals surface area (Å²) in [4.78, 5) is 10.4. The van der Waals surface area contributed by atoms with Crippen LogP contribution in [0.25, 0.3) is 0 Å². The number of phenols is 1. The van der Waals surface area contributed by atoms with E-state index in [1.807, 2.05) is 0 Å². The zero-order chi connectivity index (χ0) is 10.9. The second kappa shape index (κ2) is 3.93. The third-order valence-electron chi connectivity index (χ3n) is 1.62. The van der Waals surface area contributed by atoms with Crippen LogP contribution in [0.3, 0.4) is 0 Å². The first kappa shape index (κ1) is 10.9. The highest BCUT2D eigenvalue weighted by atomic mass is 79.9. The van der Waals surface area contributed by atoms with Gasteiger partial charge in [-0.25, -0.2) is 9.18 Å². The number of carbonyl (C=O) groups is 1. The Balaban J connectivity index is 3.32. The molecule has 0 heterocycles. The van der Waals surface area contributed by atoms with Crippen molar-refractivity contribution in [3.8, 4) is 5.75 Å². The maximum atomic E-state index is 13.0. The average molecular weight is 265 g/mol. The van der Waals surface area contributed by atoms with Crippen LogP contribution in [0.5, 0.6) is 5.75 Å². The van der Waals surface area contributed by atoms with E-state index < -0.39 is 29.2 Å². The number of carboxylic acids is 1. The van der Waals surface area contributed by atoms with E-state index in [9.17, 15) is 14.3 Å². The third kappa shape index (κ3) is 1.85. The van der Waals surface area contributed by atoms with Gasteiger partial charge >= 0.3 is 5.97 Å². The first-order chi connectivity index (χ1) is 6.45. The molecule has 1 aromatic rings. The van der Waals surface area contributed by atoms with Gasteiger partial charge in [-0.05, 0) is 28.1 Å². The summed E-state index contributed by atoms with van der Waals surface area (Å²) < 4.78 is 13.2. The van der Waals surface area contributed by atoms with Gasteiger partial charge in [0.15, 0.2) is 6.10 Å². The van der Waals surface area contributed by atoms with E-state index in [4.69, 9.17) is 10.2 Å². The third-order valence-corrected chi connectivity index (χ3v) is 2.26. The fourth-order valence-electron chi connectivity index (χ4n) is 0.940. The van der Waals surface area contributed by atoms with Gasteiger partial charge in [0.05, 0.1) is 10.0 Å². The standard InChI is InChI=1S/C8H6BrFO4/c9-3-1-2-4(10)5(6(3)11)7(12)8(13)14/h1-2,7,11-12H,(H,13,14). The molecule has 0 aliphatic rings. The van der Waals surface area contributed by atoms with Gasteiger partial charge in [-0.15, -0.1) is 0 Å². The molecule has 1 unspecified atom stereocenters. The maximum Gasteiger partial charge on any atom is 0.337 e. The molecule has 0 aliphatic heterocycles. The zero-order valence-electron chi connectivity index (χ0n) is 6.74. The Hall–Kier alpha value is -1.14. The molecule has 0 saturated heterocycles. The van der Waals surface area contributed by atoms with E-state index in [0.29, 0.717) is 0 Å². The molecular formula is C8H6BrFO4. The lowest BCUT2D eigenvalue weighted by atomic mass is 10.1. The molecule has 0 spiro atoms. The van der Waals surface area contributed by atoms with Gasteiger partial charge in [-0.1, -0.05) is 0 Å². The van der Waals surface area contributed by atoms with Crippen molar-refractivity contribution < 1.29 is 24.5 Å². The lowest BCUT2D eigenvalue weighted by Gasteiger charge is -2.10. The van der Waals surface area contributed by atoms with Gasteiger partial charge in [0, 0.05) is 0 Å². The number of aromatic hydroxyl groups is 1. The Morgan fingerprint density at radius 2 is 2.07 bits per heavy atom. The normalized spacial score (nSPS) is 12.5. The number of benzene rings is 1. The summed E-state index contributed by atoms with van der Waals surface area (Å²) in [6, 6.07) is 2.16. The highest BCUT2D eigenvalue weighted by Crippen LogP contribution is 2.33. The lowest BCUT2D eigenvalue weighted by molar-refractivity contribution is -0.147. The Morgan fingerprint density at radius 3 is 2.57 bits per heavy atom. The number of rotatable bonds is 2. The van der Waals surface area contributed by atoms with Crippen LogP contribution < -0.4 is 0 Å². The van der Waals surface area contributed by atoms with Crippen molar-refractivity contribution in [3.05, 3.63) is 28.0 Å². The number of hydrogen-bond acceptors (Lipinski definition) is 3. The van der Waals surface area contributed by atoms with Gasteiger partial charge in [0.2, 0.25) is 0 Å². The Labute approximate surface area is 86.7 Å². The molecule has 0 aliphatic carbocycles. The van der Waals surface area contributed by atoms with Crippen LogP contribution in [0.2, 0.25) is 0 Å². The molecule has 1 atom stereocenters. The van der Waals surface area contributed by atoms with Crippen LogP contribution in [-0.2, 0) is 4.79 Å². The minimum atomic E-state index is -2.08. The van der Waals surface area contributed by atoms with E-state index in [0.717, 1.165) is 6.07 Å². The number of halogens is 2. The molecule has 0 radical (unpaired) electrons. The highest BCUT2D eigenvalue weighted by Gasteiger charge is 2.25. The molecule has 6 heteroatoms. The van der Waals surface area contributed by atoms with Crippen molar-refractivity contribution in [2.75, 3.05) is 0 Å². The van der Waals surface area contributed by atoms with Gasteiger partial charge in [0.25, 0.3) is 0 Å². The van der Waals surface area contributed by atoms with Crippen molar-refractivity contribution in [2.45, 2.75) is 6.10 Å². The molecule has 0 amide bonds. The van der Waals surface area contributed by atoms with Crippen LogP contribution in [-0.4, -0.2) is 21.3 Å². The summed E-state index contributed by atoms with van der Waals surface area (Å²) in [7, 11) is 0. The summed E-state index contributed by atoms with van der Waals surface area (Å²) in [5.41, 5.74) is -0.646. The molecule has 0 bridgehead atoms. The van der Waals surface area contributed by atoms with Crippen molar-refractivity contribution in [1.82, 2.24) is 0 Å². The van der Waals surface area contributed by atoms with E-state index >= 15 is 0 Å². The van der Waals surface area contributed by atoms with Crippen molar-refractivity contribution in [2.24, 2.45) is 0 Å². The van der Waals surface area contributed by atoms with Crippen molar-refractivity contribution in [3.63, 3.8) is 0 Å². The predicted octanol–water partition coefficient (Wildman–Crippen LogP) is 1.41. The Bertz CT molecular complexity index is 380. The molecule has 3 N–H and O–H groups in total. The van der Waals surface area contributed by atoms with Crippen molar-refractivity contribution in [1.29, 1.82) is 0 Å². The first-order valence-electron chi connectivity index (χ1n) is 3.53. The van der Waals surface area contributed by atoms with Crippen LogP contribution in [0, 0.1) is 5.82 Å². The second-order valence-corrected chi connectivity index (χ2v) is 3.39. The maximum absolute atomic E-state index is 13.0. The molecule has 4 nitrogen and oxygen atoms in total. The molecule has 0 fully saturated rings. The van der Waals surface area contributed by atoms with E-state index in [1.165, 1.54) is 6.07 Å². The van der Waals surface area contributed by atoms with E-state index in [-0.39, 0.29) is 4.47 Å². The monoisotopic (exact) mass is 264 g/mol. The smallest absolute Gasteiger partial charge is 0.337 e. The van der Waals surface area contributed by atoms with Gasteiger partial charge < -0.3 is 15.3 Å². The number of carboxylic acid groups (broad SMARTS) is 1. The Morgan fingerprint density at radius 1 is 1.50 bits per heavy atom. The van der Waals surface area contributed by atoms with Crippen LogP contribution in [0.15, 0.2) is 16.6 Å². The van der Waals surface area contributed by atoms with E-state index in [2.05, 4.69) is 15.9 Å². The highest BCUT2D eigenvalue weighted by molar-refractivity contribution is 9.10. The fourth-order valence-corrected chi connectivity index (χ4v) is 1.29. The summed E-state index contributed by atoms with van der Waals surface area (Å²) in [5, 5.41) is 26.8. The largest absolute Gasteiger partial charge is 0.506 e. The molecule has 0 aromatic heterocycles. The Kier molecular flexibility index (Phi) is 3.07. The average Bonchev–Trinajstić information content (AvgIpc) is 2.12. The first-order valence-corrected chi connectivity index (χ1v) is 4.32. The van der Waals surface area contributed by atoms with Crippen molar-refractivity contribution >= 4 is 21.9 Å². The van der Waals surface area contributed by atoms with Gasteiger partial charge in [-0.2, -0.15) is 0 Å². The molecule has 1 aromatic carbocycles. The molecular weight excluding hydrogens is 259 g/mol. The minimum Gasteiger partial charge on any atom is -0.506 e. The second-order valence-electron chi connectivity index (χ2n) is 2.53. The summed E-state index contributed by atoms with van der Waals surface area (Å²) in [6.45, 7) is 0. The van der Waals surface area contributed by atoms with Gasteiger partial charge in [-0.3, -0.25) is 0 Å². The molecule has 0 saturated carbocycles. The lowest BCUT2D eigenvalue weighted by Crippen LogP contribution is -2.12. The predicted molar refractivity (Wildman–Crippen MR) is 48.4 cm³/mol. The van der Waals surface area contributed by atoms with Crippen LogP contribution in [0.4, 0.5) is 4.39 Å². The topological polar surface area (TPSA) is 77.8 Å². The fraction of sp³-hybridized carbons (Fsp3) is 0.125. The summed E-state index contributed by atoms with van der Waals surface area (Å²) in [6.07, 6.45) is -2.08. The SMILES string of the molecule is O=C(O)C(O)c1c(F)ccc(Br)c1O. The number of aliphatic carboxylic acids is 1. The quantitative estimate of drug-likeness (QED) is 0.755. The van der Waals surface area contributed by atoms with E-state index in [1.54, 1.807) is 0 Å². The minimum absolute atomic E-state index is 0.120. The number of phenolic OH excluding ortho intramolecular Hbond substituents is 1. The summed E-state index contributed by atoms with van der Waals surface area (Å²) in [5.74, 6) is -3.21. The van der Waals surface area contributed by atoms with Crippen LogP contribution >= 0.6 is 15.9 Å². The summed E-state index contributed by atoms with van der Waals surface area (Å²) >= 11 is 2.88. The zero-order valence-corrected chi connectivity index (χ0v) is 8.32. The molecule has 76 valence electrons. The van der Waals surface area contributed by atoms with Gasteiger partial charge in [0.1, 0.15) is 11.6 Å². The molecule has 14 heavy (non-hydrogen) atoms. The number of hydrogen-bond donors (Lipinski definition) is 3. The van der Waals surface area contributed by atoms with Crippen LogP contribution in [0.1, 0.15) is 11.7 Å². The molecule has 1 rings (SSSR count). The number of aliphatic hydroxyl groups is 1. The number of aliphatic hydroxyl groups excluding tert-OH is 1.